The highest BCUT2D eigenvalue weighted by atomic mass is 16.5. The summed E-state index contributed by atoms with van der Waals surface area (Å²) in [5.74, 6) is 0. The standard InChI is InChI=1S/C10H22N2O2/c1-12(2)5-8-13-7-4-11-10-3-6-14-9-10/h10-11H,3-9H2,1-2H3. The average molecular weight is 202 g/mol. The first-order valence-electron chi connectivity index (χ1n) is 5.32. The lowest BCUT2D eigenvalue weighted by atomic mass is 10.3. The summed E-state index contributed by atoms with van der Waals surface area (Å²) in [6.07, 6.45) is 1.14. The van der Waals surface area contributed by atoms with E-state index in [1.54, 1.807) is 0 Å². The van der Waals surface area contributed by atoms with Crippen molar-refractivity contribution in [3.63, 3.8) is 0 Å². The molecule has 0 radical (unpaired) electrons. The lowest BCUT2D eigenvalue weighted by Gasteiger charge is -2.12. The number of ether oxygens (including phenoxy) is 2. The van der Waals surface area contributed by atoms with Crippen molar-refractivity contribution in [2.24, 2.45) is 0 Å². The van der Waals surface area contributed by atoms with Gasteiger partial charge in [0.05, 0.1) is 19.8 Å². The topological polar surface area (TPSA) is 33.7 Å². The van der Waals surface area contributed by atoms with E-state index in [0.717, 1.165) is 45.9 Å². The number of nitrogens with one attached hydrogen (secondary N) is 1. The SMILES string of the molecule is CN(C)CCOCCNC1CCOC1. The number of nitrogens with zero attached hydrogens (tertiary/aromatic N) is 1. The Morgan fingerprint density at radius 2 is 2.29 bits per heavy atom. The molecular weight excluding hydrogens is 180 g/mol. The van der Waals surface area contributed by atoms with Crippen LogP contribution in [0.25, 0.3) is 0 Å². The Morgan fingerprint density at radius 1 is 1.43 bits per heavy atom. The molecule has 0 bridgehead atoms. The van der Waals surface area contributed by atoms with Crippen LogP contribution in [-0.2, 0) is 9.47 Å². The first-order valence-corrected chi connectivity index (χ1v) is 5.32. The highest BCUT2D eigenvalue weighted by Gasteiger charge is 2.13. The van der Waals surface area contributed by atoms with E-state index in [0.29, 0.717) is 6.04 Å². The molecule has 4 heteroatoms. The van der Waals surface area contributed by atoms with Crippen molar-refractivity contribution in [2.75, 3.05) is 53.6 Å². The second-order valence-corrected chi connectivity index (χ2v) is 3.93. The van der Waals surface area contributed by atoms with Gasteiger partial charge in [-0.1, -0.05) is 0 Å². The monoisotopic (exact) mass is 202 g/mol. The molecule has 84 valence electrons. The zero-order valence-electron chi connectivity index (χ0n) is 9.29. The Hall–Kier alpha value is -0.160. The summed E-state index contributed by atoms with van der Waals surface area (Å²) >= 11 is 0. The number of likely N-dealkylation sites (N-methyl/N-ethyl adjacent to an activating group) is 1. The van der Waals surface area contributed by atoms with Gasteiger partial charge in [-0.25, -0.2) is 0 Å². The molecular formula is C10H22N2O2. The normalized spacial score (nSPS) is 22.1. The molecule has 14 heavy (non-hydrogen) atoms. The molecule has 0 spiro atoms. The molecule has 0 amide bonds. The molecule has 1 N–H and O–H groups in total. The van der Waals surface area contributed by atoms with Gasteiger partial charge in [-0.2, -0.15) is 0 Å². The molecule has 1 aliphatic rings. The van der Waals surface area contributed by atoms with E-state index in [9.17, 15) is 0 Å². The fourth-order valence-electron chi connectivity index (χ4n) is 1.38. The molecule has 1 aliphatic heterocycles. The van der Waals surface area contributed by atoms with Crippen LogP contribution in [0.4, 0.5) is 0 Å². The molecule has 1 unspecified atom stereocenters. The van der Waals surface area contributed by atoms with Crippen LogP contribution in [0, 0.1) is 0 Å². The minimum Gasteiger partial charge on any atom is -0.380 e. The van der Waals surface area contributed by atoms with Gasteiger partial charge < -0.3 is 19.7 Å². The summed E-state index contributed by atoms with van der Waals surface area (Å²) in [6, 6.07) is 0.549. The molecule has 0 aliphatic carbocycles. The first-order chi connectivity index (χ1) is 6.79. The molecule has 1 saturated heterocycles. The van der Waals surface area contributed by atoms with E-state index < -0.39 is 0 Å². The molecule has 4 nitrogen and oxygen atoms in total. The van der Waals surface area contributed by atoms with Crippen molar-refractivity contribution in [3.05, 3.63) is 0 Å². The van der Waals surface area contributed by atoms with E-state index in [2.05, 4.69) is 24.3 Å². The lowest BCUT2D eigenvalue weighted by Crippen LogP contribution is -2.32. The molecule has 0 aromatic rings. The Kier molecular flexibility index (Phi) is 6.10. The van der Waals surface area contributed by atoms with E-state index in [4.69, 9.17) is 9.47 Å². The summed E-state index contributed by atoms with van der Waals surface area (Å²) in [5.41, 5.74) is 0. The largest absolute Gasteiger partial charge is 0.380 e. The van der Waals surface area contributed by atoms with Crippen molar-refractivity contribution >= 4 is 0 Å². The summed E-state index contributed by atoms with van der Waals surface area (Å²) in [7, 11) is 4.11. The predicted molar refractivity (Wildman–Crippen MR) is 56.6 cm³/mol. The Labute approximate surface area is 86.6 Å². The van der Waals surface area contributed by atoms with Gasteiger partial charge in [-0.05, 0) is 20.5 Å². The van der Waals surface area contributed by atoms with Gasteiger partial charge in [0.25, 0.3) is 0 Å². The third-order valence-electron chi connectivity index (χ3n) is 2.29. The molecule has 0 aromatic carbocycles. The van der Waals surface area contributed by atoms with Gasteiger partial charge in [0.2, 0.25) is 0 Å². The molecule has 1 heterocycles. The highest BCUT2D eigenvalue weighted by molar-refractivity contribution is 4.70. The fraction of sp³-hybridized carbons (Fsp3) is 1.00. The van der Waals surface area contributed by atoms with Crippen molar-refractivity contribution in [1.82, 2.24) is 10.2 Å². The Balaban J connectivity index is 1.79. The van der Waals surface area contributed by atoms with Crippen LogP contribution in [0.2, 0.25) is 0 Å². The lowest BCUT2D eigenvalue weighted by molar-refractivity contribution is 0.116. The fourth-order valence-corrected chi connectivity index (χ4v) is 1.38. The van der Waals surface area contributed by atoms with E-state index in [-0.39, 0.29) is 0 Å². The maximum absolute atomic E-state index is 5.46. The molecule has 0 saturated carbocycles. The second kappa shape index (κ2) is 7.17. The molecule has 0 aromatic heterocycles. The molecule has 1 fully saturated rings. The van der Waals surface area contributed by atoms with Crippen LogP contribution in [0.5, 0.6) is 0 Å². The van der Waals surface area contributed by atoms with Gasteiger partial charge in [0.1, 0.15) is 0 Å². The number of rotatable bonds is 7. The number of hydrogen-bond acceptors (Lipinski definition) is 4. The maximum Gasteiger partial charge on any atom is 0.0620 e. The van der Waals surface area contributed by atoms with E-state index in [1.807, 2.05) is 0 Å². The second-order valence-electron chi connectivity index (χ2n) is 3.93. The molecule has 1 atom stereocenters. The average Bonchev–Trinajstić information content (AvgIpc) is 2.63. The van der Waals surface area contributed by atoms with Crippen LogP contribution >= 0.6 is 0 Å². The summed E-state index contributed by atoms with van der Waals surface area (Å²) < 4.78 is 10.7. The van der Waals surface area contributed by atoms with Crippen molar-refractivity contribution in [3.8, 4) is 0 Å². The minimum absolute atomic E-state index is 0.549. The zero-order chi connectivity index (χ0) is 10.2. The number of hydrogen-bond donors (Lipinski definition) is 1. The van der Waals surface area contributed by atoms with Crippen molar-refractivity contribution in [1.29, 1.82) is 0 Å². The van der Waals surface area contributed by atoms with Gasteiger partial charge in [-0.3, -0.25) is 0 Å². The van der Waals surface area contributed by atoms with Gasteiger partial charge >= 0.3 is 0 Å². The van der Waals surface area contributed by atoms with Crippen LogP contribution in [0.1, 0.15) is 6.42 Å². The third kappa shape index (κ3) is 5.54. The van der Waals surface area contributed by atoms with Crippen LogP contribution in [0.3, 0.4) is 0 Å². The van der Waals surface area contributed by atoms with Crippen LogP contribution < -0.4 is 5.32 Å². The van der Waals surface area contributed by atoms with Crippen molar-refractivity contribution in [2.45, 2.75) is 12.5 Å². The van der Waals surface area contributed by atoms with Gasteiger partial charge in [0.15, 0.2) is 0 Å². The first kappa shape index (κ1) is 11.9. The predicted octanol–water partition coefficient (Wildman–Crippen LogP) is -0.0569. The minimum atomic E-state index is 0.549. The Bertz CT molecular complexity index is 136. The van der Waals surface area contributed by atoms with Gasteiger partial charge in [-0.15, -0.1) is 0 Å². The van der Waals surface area contributed by atoms with Crippen LogP contribution in [0.15, 0.2) is 0 Å². The summed E-state index contributed by atoms with van der Waals surface area (Å²) in [4.78, 5) is 2.12. The highest BCUT2D eigenvalue weighted by Crippen LogP contribution is 2.02. The van der Waals surface area contributed by atoms with Gasteiger partial charge in [0, 0.05) is 25.7 Å². The quantitative estimate of drug-likeness (QED) is 0.587. The maximum atomic E-state index is 5.46. The smallest absolute Gasteiger partial charge is 0.0620 e. The van der Waals surface area contributed by atoms with Crippen molar-refractivity contribution < 1.29 is 9.47 Å². The third-order valence-corrected chi connectivity index (χ3v) is 2.29. The summed E-state index contributed by atoms with van der Waals surface area (Å²) in [6.45, 7) is 5.30. The van der Waals surface area contributed by atoms with E-state index in [1.165, 1.54) is 0 Å². The summed E-state index contributed by atoms with van der Waals surface area (Å²) in [5, 5.41) is 3.41. The molecule has 1 rings (SSSR count). The van der Waals surface area contributed by atoms with Crippen LogP contribution in [-0.4, -0.2) is 64.6 Å². The van der Waals surface area contributed by atoms with E-state index >= 15 is 0 Å². The zero-order valence-corrected chi connectivity index (χ0v) is 9.29. The Morgan fingerprint density at radius 3 is 2.93 bits per heavy atom.